The number of carboxylic acids is 1. The SMILES string of the molecule is CC(=O)O.O=C(c1n[nH]c2c1CCNC2)N1CCCC(c2nnc3ccccn23)C1. The lowest BCUT2D eigenvalue weighted by atomic mass is 9.96. The van der Waals surface area contributed by atoms with Gasteiger partial charge in [0.1, 0.15) is 5.82 Å². The van der Waals surface area contributed by atoms with Crippen LogP contribution in [0.15, 0.2) is 24.4 Å². The Morgan fingerprint density at radius 1 is 1.27 bits per heavy atom. The molecule has 1 atom stereocenters. The Balaban J connectivity index is 0.000000503. The molecular weight excluding hydrogens is 386 g/mol. The van der Waals surface area contributed by atoms with Crippen molar-refractivity contribution in [2.45, 2.75) is 38.6 Å². The predicted octanol–water partition coefficient (Wildman–Crippen LogP) is 1.21. The van der Waals surface area contributed by atoms with Crippen LogP contribution in [0.1, 0.15) is 53.3 Å². The minimum Gasteiger partial charge on any atom is -0.481 e. The summed E-state index contributed by atoms with van der Waals surface area (Å²) in [6.07, 6.45) is 4.82. The van der Waals surface area contributed by atoms with Crippen LogP contribution in [0.3, 0.4) is 0 Å². The van der Waals surface area contributed by atoms with Crippen molar-refractivity contribution in [3.63, 3.8) is 0 Å². The molecule has 0 bridgehead atoms. The third-order valence-electron chi connectivity index (χ3n) is 5.42. The number of H-pyrrole nitrogens is 1. The van der Waals surface area contributed by atoms with E-state index in [1.54, 1.807) is 0 Å². The summed E-state index contributed by atoms with van der Waals surface area (Å²) in [7, 11) is 0. The number of amides is 1. The number of hydrogen-bond donors (Lipinski definition) is 3. The van der Waals surface area contributed by atoms with Crippen LogP contribution in [0.2, 0.25) is 0 Å². The van der Waals surface area contributed by atoms with Gasteiger partial charge in [-0.25, -0.2) is 0 Å². The summed E-state index contributed by atoms with van der Waals surface area (Å²) in [6.45, 7) is 4.16. The normalized spacial score (nSPS) is 18.4. The topological polar surface area (TPSA) is 129 Å². The number of fused-ring (bicyclic) bond motifs is 2. The molecule has 1 fully saturated rings. The Morgan fingerprint density at radius 3 is 2.93 bits per heavy atom. The average molecular weight is 411 g/mol. The van der Waals surface area contributed by atoms with Gasteiger partial charge in [-0.3, -0.25) is 19.1 Å². The fourth-order valence-corrected chi connectivity index (χ4v) is 4.08. The minimum absolute atomic E-state index is 0.0305. The van der Waals surface area contributed by atoms with Crippen molar-refractivity contribution in [1.82, 2.24) is 35.0 Å². The summed E-state index contributed by atoms with van der Waals surface area (Å²) in [5.41, 5.74) is 3.55. The number of nitrogens with zero attached hydrogens (tertiary/aromatic N) is 5. The Hall–Kier alpha value is -3.27. The van der Waals surface area contributed by atoms with Crippen LogP contribution in [0.25, 0.3) is 5.65 Å². The molecule has 10 heteroatoms. The molecule has 0 spiro atoms. The number of hydrogen-bond acceptors (Lipinski definition) is 6. The molecule has 0 radical (unpaired) electrons. The summed E-state index contributed by atoms with van der Waals surface area (Å²) in [5.74, 6) is 0.329. The van der Waals surface area contributed by atoms with E-state index in [2.05, 4.69) is 25.7 Å². The zero-order valence-corrected chi connectivity index (χ0v) is 16.8. The van der Waals surface area contributed by atoms with E-state index < -0.39 is 5.97 Å². The first-order valence-corrected chi connectivity index (χ1v) is 10.1. The molecule has 1 unspecified atom stereocenters. The molecule has 0 aliphatic carbocycles. The smallest absolute Gasteiger partial charge is 0.300 e. The second-order valence-corrected chi connectivity index (χ2v) is 7.55. The quantitative estimate of drug-likeness (QED) is 0.578. The van der Waals surface area contributed by atoms with Crippen molar-refractivity contribution >= 4 is 17.5 Å². The Morgan fingerprint density at radius 2 is 2.10 bits per heavy atom. The van der Waals surface area contributed by atoms with Crippen molar-refractivity contribution in [3.05, 3.63) is 47.2 Å². The molecule has 1 saturated heterocycles. The molecule has 5 heterocycles. The van der Waals surface area contributed by atoms with Crippen molar-refractivity contribution in [1.29, 1.82) is 0 Å². The van der Waals surface area contributed by atoms with Gasteiger partial charge < -0.3 is 15.3 Å². The molecule has 0 aromatic carbocycles. The van der Waals surface area contributed by atoms with Crippen LogP contribution in [-0.4, -0.2) is 66.3 Å². The lowest BCUT2D eigenvalue weighted by Crippen LogP contribution is -2.40. The van der Waals surface area contributed by atoms with Gasteiger partial charge in [-0.15, -0.1) is 10.2 Å². The first-order valence-electron chi connectivity index (χ1n) is 10.1. The first-order chi connectivity index (χ1) is 14.5. The fraction of sp³-hybridized carbons (Fsp3) is 0.450. The first kappa shape index (κ1) is 20.0. The number of rotatable bonds is 2. The van der Waals surface area contributed by atoms with Crippen LogP contribution in [0, 0.1) is 0 Å². The molecule has 158 valence electrons. The summed E-state index contributed by atoms with van der Waals surface area (Å²) >= 11 is 0. The van der Waals surface area contributed by atoms with Gasteiger partial charge in [-0.2, -0.15) is 5.10 Å². The van der Waals surface area contributed by atoms with E-state index in [1.807, 2.05) is 33.7 Å². The maximum Gasteiger partial charge on any atom is 0.300 e. The third kappa shape index (κ3) is 4.04. The van der Waals surface area contributed by atoms with Crippen LogP contribution >= 0.6 is 0 Å². The van der Waals surface area contributed by atoms with E-state index >= 15 is 0 Å². The lowest BCUT2D eigenvalue weighted by Gasteiger charge is -2.31. The van der Waals surface area contributed by atoms with Gasteiger partial charge in [-0.05, 0) is 37.9 Å². The minimum atomic E-state index is -0.833. The number of carbonyl (C=O) groups excluding carboxylic acids is 1. The molecule has 2 aliphatic heterocycles. The van der Waals surface area contributed by atoms with Gasteiger partial charge in [0.05, 0.1) is 5.69 Å². The summed E-state index contributed by atoms with van der Waals surface area (Å²) in [4.78, 5) is 24.0. The summed E-state index contributed by atoms with van der Waals surface area (Å²) in [5, 5.41) is 26.7. The molecule has 3 N–H and O–H groups in total. The molecule has 5 rings (SSSR count). The number of pyridine rings is 1. The van der Waals surface area contributed by atoms with E-state index in [-0.39, 0.29) is 11.8 Å². The van der Waals surface area contributed by atoms with Gasteiger partial charge in [-0.1, -0.05) is 6.07 Å². The van der Waals surface area contributed by atoms with E-state index in [4.69, 9.17) is 9.90 Å². The maximum absolute atomic E-state index is 13.1. The Bertz CT molecular complexity index is 1050. The van der Waals surface area contributed by atoms with Crippen molar-refractivity contribution < 1.29 is 14.7 Å². The largest absolute Gasteiger partial charge is 0.481 e. The van der Waals surface area contributed by atoms with Gasteiger partial charge in [0.2, 0.25) is 0 Å². The highest BCUT2D eigenvalue weighted by molar-refractivity contribution is 5.94. The van der Waals surface area contributed by atoms with Gasteiger partial charge in [0.15, 0.2) is 11.3 Å². The number of carboxylic acid groups (broad SMARTS) is 1. The van der Waals surface area contributed by atoms with E-state index in [1.165, 1.54) is 0 Å². The van der Waals surface area contributed by atoms with Crippen molar-refractivity contribution in [2.75, 3.05) is 19.6 Å². The molecule has 0 saturated carbocycles. The number of likely N-dealkylation sites (tertiary alicyclic amines) is 1. The Kier molecular flexibility index (Phi) is 5.75. The molecule has 1 amide bonds. The second kappa shape index (κ2) is 8.62. The van der Waals surface area contributed by atoms with Gasteiger partial charge >= 0.3 is 0 Å². The van der Waals surface area contributed by atoms with Gasteiger partial charge in [0, 0.05) is 44.2 Å². The monoisotopic (exact) mass is 411 g/mol. The Labute approximate surface area is 173 Å². The van der Waals surface area contributed by atoms with Crippen molar-refractivity contribution in [3.8, 4) is 0 Å². The highest BCUT2D eigenvalue weighted by Crippen LogP contribution is 2.27. The van der Waals surface area contributed by atoms with Crippen LogP contribution in [-0.2, 0) is 17.8 Å². The maximum atomic E-state index is 13.1. The molecule has 2 aliphatic rings. The van der Waals surface area contributed by atoms with Crippen LogP contribution in [0.4, 0.5) is 0 Å². The molecule has 3 aromatic heterocycles. The highest BCUT2D eigenvalue weighted by Gasteiger charge is 2.31. The van der Waals surface area contributed by atoms with Crippen LogP contribution < -0.4 is 5.32 Å². The zero-order chi connectivity index (χ0) is 21.1. The summed E-state index contributed by atoms with van der Waals surface area (Å²) in [6, 6.07) is 5.89. The average Bonchev–Trinajstić information content (AvgIpc) is 3.37. The number of aromatic amines is 1. The molecule has 10 nitrogen and oxygen atoms in total. The van der Waals surface area contributed by atoms with Crippen molar-refractivity contribution in [2.24, 2.45) is 0 Å². The number of aliphatic carboxylic acids is 1. The fourth-order valence-electron chi connectivity index (χ4n) is 4.08. The molecule has 3 aromatic rings. The highest BCUT2D eigenvalue weighted by atomic mass is 16.4. The summed E-state index contributed by atoms with van der Waals surface area (Å²) < 4.78 is 2.03. The number of piperidine rings is 1. The third-order valence-corrected chi connectivity index (χ3v) is 5.42. The van der Waals surface area contributed by atoms with Gasteiger partial charge in [0.25, 0.3) is 11.9 Å². The predicted molar refractivity (Wildman–Crippen MR) is 108 cm³/mol. The van der Waals surface area contributed by atoms with Crippen LogP contribution in [0.5, 0.6) is 0 Å². The van der Waals surface area contributed by atoms with E-state index in [0.717, 1.165) is 68.5 Å². The van der Waals surface area contributed by atoms with E-state index in [0.29, 0.717) is 12.2 Å². The lowest BCUT2D eigenvalue weighted by molar-refractivity contribution is -0.134. The zero-order valence-electron chi connectivity index (χ0n) is 16.8. The standard InChI is InChI=1S/C18H21N7O.C2H4O2/c26-18(16-13-6-7-19-10-14(13)20-22-16)24-8-3-4-12(11-24)17-23-21-15-5-1-2-9-25(15)17;1-2(3)4/h1-2,5,9,12,19H,3-4,6-8,10-11H2,(H,20,22);1H3,(H,3,4). The number of aromatic nitrogens is 5. The molecule has 30 heavy (non-hydrogen) atoms. The second-order valence-electron chi connectivity index (χ2n) is 7.55. The van der Waals surface area contributed by atoms with E-state index in [9.17, 15) is 4.79 Å². The molecular formula is C20H25N7O3. The number of nitrogens with one attached hydrogen (secondary N) is 2. The number of carbonyl (C=O) groups is 2.